The molecule has 5 heterocycles. The zero-order valence-electron chi connectivity index (χ0n) is 16.4. The minimum atomic E-state index is -0.537. The highest BCUT2D eigenvalue weighted by atomic mass is 19.1. The number of imidazole rings is 1. The third kappa shape index (κ3) is 2.95. The predicted molar refractivity (Wildman–Crippen MR) is 117 cm³/mol. The highest BCUT2D eigenvalue weighted by Gasteiger charge is 2.18. The molecule has 8 nitrogen and oxygen atoms in total. The van der Waals surface area contributed by atoms with Gasteiger partial charge < -0.3 is 10.1 Å². The molecule has 0 atom stereocenters. The number of phenolic OH excluding ortho intramolecular Hbond substituents is 1. The highest BCUT2D eigenvalue weighted by Crippen LogP contribution is 2.32. The Bertz CT molecular complexity index is 1590. The molecule has 0 unspecified atom stereocenters. The summed E-state index contributed by atoms with van der Waals surface area (Å²) in [6.45, 7) is 0. The summed E-state index contributed by atoms with van der Waals surface area (Å²) in [6, 6.07) is 15.0. The first-order valence-corrected chi connectivity index (χ1v) is 9.77. The van der Waals surface area contributed by atoms with Crippen molar-refractivity contribution >= 4 is 22.2 Å². The number of H-pyrrole nitrogens is 2. The number of halogens is 1. The molecule has 0 amide bonds. The zero-order valence-corrected chi connectivity index (χ0v) is 16.4. The van der Waals surface area contributed by atoms with Gasteiger partial charge in [-0.1, -0.05) is 6.07 Å². The van der Waals surface area contributed by atoms with E-state index in [9.17, 15) is 9.50 Å². The first-order chi connectivity index (χ1) is 15.7. The van der Waals surface area contributed by atoms with Gasteiger partial charge in [-0.15, -0.1) is 0 Å². The Balaban J connectivity index is 1.52. The molecule has 0 saturated carbocycles. The quantitative estimate of drug-likeness (QED) is 0.387. The van der Waals surface area contributed by atoms with Crippen LogP contribution in [-0.4, -0.2) is 40.2 Å². The Morgan fingerprint density at radius 3 is 2.62 bits per heavy atom. The largest absolute Gasteiger partial charge is 0.508 e. The molecule has 0 aliphatic heterocycles. The van der Waals surface area contributed by atoms with Crippen LogP contribution in [0, 0.1) is 5.82 Å². The SMILES string of the molecule is Oc1cc(F)cc(-c2ccnc3[nH]c(-c4n[nH]c5ccc(-c6ccccn6)nc45)nc23)c1. The molecule has 0 aliphatic carbocycles. The molecule has 0 spiro atoms. The lowest BCUT2D eigenvalue weighted by Gasteiger charge is -2.03. The van der Waals surface area contributed by atoms with Crippen molar-refractivity contribution in [2.45, 2.75) is 0 Å². The lowest BCUT2D eigenvalue weighted by molar-refractivity contribution is 0.469. The molecule has 154 valence electrons. The number of nitrogens with zero attached hydrogens (tertiary/aromatic N) is 5. The van der Waals surface area contributed by atoms with Gasteiger partial charge in [-0.05, 0) is 48.0 Å². The van der Waals surface area contributed by atoms with Crippen molar-refractivity contribution in [1.82, 2.24) is 35.1 Å². The maximum atomic E-state index is 13.9. The molecule has 3 N–H and O–H groups in total. The number of aromatic nitrogens is 7. The fourth-order valence-electron chi connectivity index (χ4n) is 3.71. The summed E-state index contributed by atoms with van der Waals surface area (Å²) < 4.78 is 13.9. The smallest absolute Gasteiger partial charge is 0.162 e. The van der Waals surface area contributed by atoms with Crippen molar-refractivity contribution in [3.8, 4) is 39.8 Å². The van der Waals surface area contributed by atoms with Crippen LogP contribution in [0.2, 0.25) is 0 Å². The Morgan fingerprint density at radius 2 is 1.78 bits per heavy atom. The number of hydrogen-bond donors (Lipinski definition) is 3. The van der Waals surface area contributed by atoms with Gasteiger partial charge in [0.2, 0.25) is 0 Å². The zero-order chi connectivity index (χ0) is 21.7. The molecule has 6 rings (SSSR count). The minimum Gasteiger partial charge on any atom is -0.508 e. The summed E-state index contributed by atoms with van der Waals surface area (Å²) in [5, 5.41) is 17.2. The van der Waals surface area contributed by atoms with E-state index in [2.05, 4.69) is 30.1 Å². The lowest BCUT2D eigenvalue weighted by atomic mass is 10.1. The molecule has 0 aliphatic rings. The lowest BCUT2D eigenvalue weighted by Crippen LogP contribution is -1.88. The second kappa shape index (κ2) is 6.95. The van der Waals surface area contributed by atoms with Gasteiger partial charge in [-0.2, -0.15) is 5.10 Å². The van der Waals surface area contributed by atoms with Gasteiger partial charge in [0.05, 0.1) is 16.9 Å². The van der Waals surface area contributed by atoms with E-state index in [-0.39, 0.29) is 5.75 Å². The van der Waals surface area contributed by atoms with E-state index in [0.717, 1.165) is 17.3 Å². The molecule has 6 aromatic rings. The summed E-state index contributed by atoms with van der Waals surface area (Å²) in [4.78, 5) is 21.3. The molecule has 0 radical (unpaired) electrons. The van der Waals surface area contributed by atoms with Crippen LogP contribution in [0.3, 0.4) is 0 Å². The number of fused-ring (bicyclic) bond motifs is 2. The summed E-state index contributed by atoms with van der Waals surface area (Å²) in [5.41, 5.74) is 5.56. The molecular weight excluding hydrogens is 409 g/mol. The fraction of sp³-hybridized carbons (Fsp3) is 0. The molecule has 0 bridgehead atoms. The van der Waals surface area contributed by atoms with E-state index < -0.39 is 5.82 Å². The topological polar surface area (TPSA) is 116 Å². The van der Waals surface area contributed by atoms with Crippen LogP contribution in [-0.2, 0) is 0 Å². The number of aromatic hydroxyl groups is 1. The first kappa shape index (κ1) is 18.1. The van der Waals surface area contributed by atoms with Crippen LogP contribution in [0.5, 0.6) is 5.75 Å². The predicted octanol–water partition coefficient (Wildman–Crippen LogP) is 4.47. The van der Waals surface area contributed by atoms with Gasteiger partial charge >= 0.3 is 0 Å². The van der Waals surface area contributed by atoms with Gasteiger partial charge in [-0.25, -0.2) is 19.3 Å². The van der Waals surface area contributed by atoms with E-state index in [4.69, 9.17) is 4.98 Å². The molecule has 9 heteroatoms. The Kier molecular flexibility index (Phi) is 3.94. The number of aromatic amines is 2. The van der Waals surface area contributed by atoms with Crippen LogP contribution >= 0.6 is 0 Å². The van der Waals surface area contributed by atoms with Crippen LogP contribution in [0.25, 0.3) is 56.2 Å². The number of benzene rings is 1. The van der Waals surface area contributed by atoms with E-state index in [1.54, 1.807) is 18.5 Å². The van der Waals surface area contributed by atoms with E-state index >= 15 is 0 Å². The number of nitrogens with one attached hydrogen (secondary N) is 2. The highest BCUT2D eigenvalue weighted by molar-refractivity contribution is 5.95. The van der Waals surface area contributed by atoms with Crippen LogP contribution < -0.4 is 0 Å². The Morgan fingerprint density at radius 1 is 0.844 bits per heavy atom. The second-order valence-electron chi connectivity index (χ2n) is 7.22. The van der Waals surface area contributed by atoms with Crippen LogP contribution in [0.15, 0.2) is 67.0 Å². The van der Waals surface area contributed by atoms with Gasteiger partial charge in [0.25, 0.3) is 0 Å². The number of rotatable bonds is 3. The van der Waals surface area contributed by atoms with Crippen LogP contribution in [0.4, 0.5) is 4.39 Å². The van der Waals surface area contributed by atoms with Crippen molar-refractivity contribution in [1.29, 1.82) is 0 Å². The maximum absolute atomic E-state index is 13.9. The third-order valence-corrected chi connectivity index (χ3v) is 5.14. The van der Waals surface area contributed by atoms with E-state index in [0.29, 0.717) is 45.0 Å². The van der Waals surface area contributed by atoms with Crippen LogP contribution in [0.1, 0.15) is 0 Å². The maximum Gasteiger partial charge on any atom is 0.162 e. The average Bonchev–Trinajstić information content (AvgIpc) is 3.42. The number of hydrogen-bond acceptors (Lipinski definition) is 6. The number of phenols is 1. The molecule has 0 fully saturated rings. The van der Waals surface area contributed by atoms with Crippen molar-refractivity contribution in [3.63, 3.8) is 0 Å². The Hall–Kier alpha value is -4.66. The average molecular weight is 423 g/mol. The summed E-state index contributed by atoms with van der Waals surface area (Å²) in [6.07, 6.45) is 3.32. The summed E-state index contributed by atoms with van der Waals surface area (Å²) >= 11 is 0. The van der Waals surface area contributed by atoms with Crippen molar-refractivity contribution in [3.05, 3.63) is 72.8 Å². The molecule has 5 aromatic heterocycles. The van der Waals surface area contributed by atoms with E-state index in [1.807, 2.05) is 30.3 Å². The van der Waals surface area contributed by atoms with Gasteiger partial charge in [0.1, 0.15) is 22.6 Å². The van der Waals surface area contributed by atoms with Gasteiger partial charge in [0, 0.05) is 24.0 Å². The standard InChI is InChI=1S/C23H14FN7O/c24-13-9-12(10-14(32)11-13)15-6-8-26-22-19(15)28-23(29-22)21-20-18(30-31-21)5-4-17(27-20)16-3-1-2-7-25-16/h1-11,32H,(H,30,31)(H,26,28,29). The van der Waals surface area contributed by atoms with Crippen molar-refractivity contribution in [2.24, 2.45) is 0 Å². The van der Waals surface area contributed by atoms with Gasteiger partial charge in [-0.3, -0.25) is 10.1 Å². The second-order valence-corrected chi connectivity index (χ2v) is 7.22. The minimum absolute atomic E-state index is 0.162. The summed E-state index contributed by atoms with van der Waals surface area (Å²) in [5.74, 6) is -0.229. The molecule has 1 aromatic carbocycles. The molecular formula is C23H14FN7O. The van der Waals surface area contributed by atoms with Crippen molar-refractivity contribution in [2.75, 3.05) is 0 Å². The molecule has 32 heavy (non-hydrogen) atoms. The third-order valence-electron chi connectivity index (χ3n) is 5.14. The van der Waals surface area contributed by atoms with Crippen molar-refractivity contribution < 1.29 is 9.50 Å². The van der Waals surface area contributed by atoms with E-state index in [1.165, 1.54) is 12.1 Å². The summed E-state index contributed by atoms with van der Waals surface area (Å²) in [7, 11) is 0. The van der Waals surface area contributed by atoms with Gasteiger partial charge in [0.15, 0.2) is 17.2 Å². The molecule has 0 saturated heterocycles. The number of pyridine rings is 3. The Labute approximate surface area is 179 Å². The first-order valence-electron chi connectivity index (χ1n) is 9.77. The monoisotopic (exact) mass is 423 g/mol. The normalized spacial score (nSPS) is 11.4. The fourth-order valence-corrected chi connectivity index (χ4v) is 3.71.